The first-order valence-electron chi connectivity index (χ1n) is 9.84. The molecule has 0 aliphatic rings. The van der Waals surface area contributed by atoms with Crippen LogP contribution in [0.3, 0.4) is 0 Å². The minimum Gasteiger partial charge on any atom is -0.378 e. The Morgan fingerprint density at radius 3 is 2.55 bits per heavy atom. The summed E-state index contributed by atoms with van der Waals surface area (Å²) in [5.41, 5.74) is 4.89. The molecule has 6 nitrogen and oxygen atoms in total. The van der Waals surface area contributed by atoms with Crippen molar-refractivity contribution in [2.24, 2.45) is 0 Å². The van der Waals surface area contributed by atoms with Gasteiger partial charge in [0, 0.05) is 24.5 Å². The molecule has 0 bridgehead atoms. The molecule has 3 heterocycles. The van der Waals surface area contributed by atoms with E-state index in [0.717, 1.165) is 22.4 Å². The first kappa shape index (κ1) is 19.5. The number of ether oxygens (including phenoxy) is 1. The molecule has 0 saturated carbocycles. The third-order valence-corrected chi connectivity index (χ3v) is 5.52. The van der Waals surface area contributed by atoms with Crippen molar-refractivity contribution >= 4 is 28.2 Å². The van der Waals surface area contributed by atoms with Crippen molar-refractivity contribution < 1.29 is 4.74 Å². The number of halogens is 1. The highest BCUT2D eigenvalue weighted by molar-refractivity contribution is 6.30. The fourth-order valence-electron chi connectivity index (χ4n) is 3.81. The minimum atomic E-state index is -0.104. The van der Waals surface area contributed by atoms with Crippen molar-refractivity contribution in [2.45, 2.75) is 13.2 Å². The number of rotatable bonds is 5. The zero-order chi connectivity index (χ0) is 21.4. The highest BCUT2D eigenvalue weighted by atomic mass is 35.5. The Labute approximate surface area is 183 Å². The van der Waals surface area contributed by atoms with Crippen molar-refractivity contribution in [3.63, 3.8) is 0 Å². The van der Waals surface area contributed by atoms with Gasteiger partial charge in [-0.15, -0.1) is 0 Å². The molecule has 0 N–H and O–H groups in total. The van der Waals surface area contributed by atoms with Crippen molar-refractivity contribution in [3.8, 4) is 11.1 Å². The third kappa shape index (κ3) is 3.50. The molecule has 0 fully saturated rings. The average Bonchev–Trinajstić information content (AvgIpc) is 3.15. The van der Waals surface area contributed by atoms with Crippen molar-refractivity contribution in [1.82, 2.24) is 19.2 Å². The van der Waals surface area contributed by atoms with Crippen molar-refractivity contribution in [3.05, 3.63) is 99.7 Å². The molecule has 0 aliphatic heterocycles. The van der Waals surface area contributed by atoms with Crippen LogP contribution < -0.4 is 5.56 Å². The van der Waals surface area contributed by atoms with Gasteiger partial charge < -0.3 is 9.30 Å². The highest BCUT2D eigenvalue weighted by Gasteiger charge is 2.18. The van der Waals surface area contributed by atoms with Crippen LogP contribution >= 0.6 is 11.6 Å². The van der Waals surface area contributed by atoms with Crippen LogP contribution in [0.2, 0.25) is 5.02 Å². The lowest BCUT2D eigenvalue weighted by atomic mass is 10.1. The molecule has 2 aromatic carbocycles. The number of nitrogens with zero attached hydrogens (tertiary/aromatic N) is 4. The Balaban J connectivity index is 1.70. The van der Waals surface area contributed by atoms with Gasteiger partial charge in [-0.25, -0.2) is 9.50 Å². The largest absolute Gasteiger partial charge is 0.378 e. The lowest BCUT2D eigenvalue weighted by Crippen LogP contribution is -2.21. The molecule has 3 aromatic heterocycles. The minimum absolute atomic E-state index is 0.104. The smallest absolute Gasteiger partial charge is 0.261 e. The first-order chi connectivity index (χ1) is 15.2. The summed E-state index contributed by atoms with van der Waals surface area (Å²) in [4.78, 5) is 17.8. The van der Waals surface area contributed by atoms with Gasteiger partial charge in [-0.05, 0) is 29.3 Å². The van der Waals surface area contributed by atoms with E-state index in [1.54, 1.807) is 28.6 Å². The lowest BCUT2D eigenvalue weighted by molar-refractivity contribution is 0.181. The monoisotopic (exact) mass is 430 g/mol. The lowest BCUT2D eigenvalue weighted by Gasteiger charge is -2.08. The van der Waals surface area contributed by atoms with E-state index in [-0.39, 0.29) is 5.56 Å². The fraction of sp³-hybridized carbons (Fsp3) is 0.125. The molecule has 7 heteroatoms. The predicted molar refractivity (Wildman–Crippen MR) is 121 cm³/mol. The maximum atomic E-state index is 13.1. The molecule has 0 unspecified atom stereocenters. The van der Waals surface area contributed by atoms with Gasteiger partial charge in [-0.2, -0.15) is 5.10 Å². The molecule has 5 rings (SSSR count). The van der Waals surface area contributed by atoms with E-state index in [4.69, 9.17) is 21.4 Å². The van der Waals surface area contributed by atoms with E-state index >= 15 is 0 Å². The summed E-state index contributed by atoms with van der Waals surface area (Å²) in [6, 6.07) is 19.3. The van der Waals surface area contributed by atoms with E-state index in [0.29, 0.717) is 34.7 Å². The van der Waals surface area contributed by atoms with Gasteiger partial charge in [0.2, 0.25) is 0 Å². The van der Waals surface area contributed by atoms with Crippen molar-refractivity contribution in [1.29, 1.82) is 0 Å². The van der Waals surface area contributed by atoms with Gasteiger partial charge in [0.05, 0.1) is 35.3 Å². The highest BCUT2D eigenvalue weighted by Crippen LogP contribution is 2.30. The van der Waals surface area contributed by atoms with Crippen LogP contribution in [-0.2, 0) is 17.9 Å². The van der Waals surface area contributed by atoms with Gasteiger partial charge in [0.15, 0.2) is 5.65 Å². The number of pyridine rings is 1. The maximum Gasteiger partial charge on any atom is 0.261 e. The molecule has 0 aliphatic carbocycles. The Bertz CT molecular complexity index is 1440. The van der Waals surface area contributed by atoms with E-state index < -0.39 is 0 Å². The summed E-state index contributed by atoms with van der Waals surface area (Å²) in [5.74, 6) is 0. The Kier molecular flexibility index (Phi) is 5.02. The molecule has 0 saturated heterocycles. The summed E-state index contributed by atoms with van der Waals surface area (Å²) in [5, 5.41) is 5.90. The molecule has 154 valence electrons. The quantitative estimate of drug-likeness (QED) is 0.410. The van der Waals surface area contributed by atoms with Crippen molar-refractivity contribution in [2.75, 3.05) is 7.11 Å². The second kappa shape index (κ2) is 7.98. The second-order valence-electron chi connectivity index (χ2n) is 7.29. The van der Waals surface area contributed by atoms with Gasteiger partial charge in [-0.3, -0.25) is 4.79 Å². The Morgan fingerprint density at radius 1 is 1.03 bits per heavy atom. The van der Waals surface area contributed by atoms with Crippen LogP contribution in [0.5, 0.6) is 0 Å². The fourth-order valence-corrected chi connectivity index (χ4v) is 3.93. The molecular formula is C24H19ClN4O2. The van der Waals surface area contributed by atoms with Crippen LogP contribution in [0.4, 0.5) is 0 Å². The number of hydrogen-bond acceptors (Lipinski definition) is 4. The predicted octanol–water partition coefficient (Wildman–Crippen LogP) is 4.56. The third-order valence-electron chi connectivity index (χ3n) is 5.27. The SMILES string of the molecule is COCc1nn2c(ncc3c(=O)n(Cc4ccccc4)ccc32)c1-c1ccc(Cl)cc1. The second-order valence-corrected chi connectivity index (χ2v) is 7.72. The van der Waals surface area contributed by atoms with Gasteiger partial charge in [-0.1, -0.05) is 54.1 Å². The van der Waals surface area contributed by atoms with E-state index in [1.807, 2.05) is 60.7 Å². The Morgan fingerprint density at radius 2 is 1.81 bits per heavy atom. The number of hydrogen-bond donors (Lipinski definition) is 0. The number of methoxy groups -OCH3 is 1. The maximum absolute atomic E-state index is 13.1. The van der Waals surface area contributed by atoms with Gasteiger partial charge >= 0.3 is 0 Å². The summed E-state index contributed by atoms with van der Waals surface area (Å²) in [7, 11) is 1.63. The average molecular weight is 431 g/mol. The number of benzene rings is 2. The molecule has 31 heavy (non-hydrogen) atoms. The summed E-state index contributed by atoms with van der Waals surface area (Å²) in [6.45, 7) is 0.825. The van der Waals surface area contributed by atoms with Gasteiger partial charge in [0.1, 0.15) is 0 Å². The van der Waals surface area contributed by atoms with E-state index in [9.17, 15) is 4.79 Å². The molecule has 0 atom stereocenters. The summed E-state index contributed by atoms with van der Waals surface area (Å²) >= 11 is 6.06. The van der Waals surface area contributed by atoms with Gasteiger partial charge in [0.25, 0.3) is 5.56 Å². The molecule has 5 aromatic rings. The van der Waals surface area contributed by atoms with Crippen LogP contribution in [0.25, 0.3) is 27.7 Å². The topological polar surface area (TPSA) is 61.4 Å². The van der Waals surface area contributed by atoms with Crippen LogP contribution in [0.15, 0.2) is 77.9 Å². The first-order valence-corrected chi connectivity index (χ1v) is 10.2. The zero-order valence-electron chi connectivity index (χ0n) is 16.8. The summed E-state index contributed by atoms with van der Waals surface area (Å²) in [6.07, 6.45) is 3.43. The zero-order valence-corrected chi connectivity index (χ0v) is 17.6. The van der Waals surface area contributed by atoms with Crippen LogP contribution in [0.1, 0.15) is 11.3 Å². The van der Waals surface area contributed by atoms with Crippen LogP contribution in [0, 0.1) is 0 Å². The number of aromatic nitrogens is 4. The molecule has 0 amide bonds. The molecular weight excluding hydrogens is 412 g/mol. The molecule has 0 radical (unpaired) electrons. The normalized spacial score (nSPS) is 11.4. The number of fused-ring (bicyclic) bond motifs is 3. The molecule has 0 spiro atoms. The van der Waals surface area contributed by atoms with E-state index in [2.05, 4.69) is 4.98 Å². The van der Waals surface area contributed by atoms with E-state index in [1.165, 1.54) is 0 Å². The van der Waals surface area contributed by atoms with Crippen LogP contribution in [-0.4, -0.2) is 26.3 Å². The standard InChI is InChI=1S/C24H19ClN4O2/c1-31-15-20-22(17-7-9-18(25)10-8-17)23-26-13-19-21(29(23)27-20)11-12-28(24(19)30)14-16-5-3-2-4-6-16/h2-13H,14-15H2,1H3. The summed E-state index contributed by atoms with van der Waals surface area (Å²) < 4.78 is 8.78. The Hall–Kier alpha value is -3.48.